The molecule has 2 amide bonds. The number of amides is 2. The van der Waals surface area contributed by atoms with Crippen molar-refractivity contribution in [1.29, 1.82) is 0 Å². The molecular weight excluding hydrogens is 218 g/mol. The van der Waals surface area contributed by atoms with Crippen LogP contribution in [-0.2, 0) is 6.54 Å². The second-order valence-electron chi connectivity index (χ2n) is 4.72. The smallest absolute Gasteiger partial charge is 0.317 e. The summed E-state index contributed by atoms with van der Waals surface area (Å²) >= 11 is 0. The summed E-state index contributed by atoms with van der Waals surface area (Å²) in [6, 6.07) is -0.0209. The first-order chi connectivity index (χ1) is 8.15. The van der Waals surface area contributed by atoms with E-state index in [1.54, 1.807) is 6.20 Å². The second kappa shape index (κ2) is 5.21. The van der Waals surface area contributed by atoms with E-state index in [0.29, 0.717) is 18.4 Å². The van der Waals surface area contributed by atoms with Crippen molar-refractivity contribution in [2.24, 2.45) is 5.92 Å². The molecule has 1 unspecified atom stereocenters. The lowest BCUT2D eigenvalue weighted by atomic mass is 10.0. The van der Waals surface area contributed by atoms with Crippen molar-refractivity contribution >= 4 is 6.03 Å². The quantitative estimate of drug-likeness (QED) is 0.855. The molecule has 2 heterocycles. The molecule has 0 spiro atoms. The number of aryl methyl sites for hydroxylation is 1. The van der Waals surface area contributed by atoms with E-state index in [9.17, 15) is 4.79 Å². The number of carbonyl (C=O) groups excluding carboxylic acids is 1. The molecule has 0 bridgehead atoms. The fourth-order valence-corrected chi connectivity index (χ4v) is 2.12. The maximum atomic E-state index is 11.9. The van der Waals surface area contributed by atoms with Gasteiger partial charge in [-0.15, -0.1) is 0 Å². The average Bonchev–Trinajstić information content (AvgIpc) is 2.72. The zero-order chi connectivity index (χ0) is 12.3. The third-order valence-corrected chi connectivity index (χ3v) is 3.00. The lowest BCUT2D eigenvalue weighted by molar-refractivity contribution is 0.168. The van der Waals surface area contributed by atoms with Crippen LogP contribution in [0.3, 0.4) is 0 Å². The van der Waals surface area contributed by atoms with Crippen molar-refractivity contribution in [3.63, 3.8) is 0 Å². The summed E-state index contributed by atoms with van der Waals surface area (Å²) in [6.45, 7) is 6.07. The van der Waals surface area contributed by atoms with Gasteiger partial charge < -0.3 is 14.6 Å². The lowest BCUT2D eigenvalue weighted by Crippen LogP contribution is -2.44. The molecular formula is C12H19N3O2. The minimum Gasteiger partial charge on any atom is -0.444 e. The van der Waals surface area contributed by atoms with Gasteiger partial charge in [-0.2, -0.15) is 0 Å². The highest BCUT2D eigenvalue weighted by molar-refractivity contribution is 5.74. The van der Waals surface area contributed by atoms with Crippen molar-refractivity contribution < 1.29 is 9.21 Å². The van der Waals surface area contributed by atoms with Crippen molar-refractivity contribution in [2.75, 3.05) is 13.1 Å². The normalized spacial score (nSPS) is 20.4. The number of oxazole rings is 1. The summed E-state index contributed by atoms with van der Waals surface area (Å²) in [5.41, 5.74) is 0. The third kappa shape index (κ3) is 3.22. The summed E-state index contributed by atoms with van der Waals surface area (Å²) in [5.74, 6) is 1.92. The van der Waals surface area contributed by atoms with E-state index in [-0.39, 0.29) is 6.03 Å². The minimum atomic E-state index is -0.0209. The van der Waals surface area contributed by atoms with Crippen molar-refractivity contribution in [3.05, 3.63) is 17.8 Å². The van der Waals surface area contributed by atoms with Crippen LogP contribution in [-0.4, -0.2) is 29.0 Å². The number of hydrogen-bond donors (Lipinski definition) is 1. The van der Waals surface area contributed by atoms with Crippen LogP contribution in [0.5, 0.6) is 0 Å². The van der Waals surface area contributed by atoms with Gasteiger partial charge >= 0.3 is 6.03 Å². The summed E-state index contributed by atoms with van der Waals surface area (Å²) in [4.78, 5) is 17.8. The molecule has 1 atom stereocenters. The Morgan fingerprint density at radius 2 is 2.53 bits per heavy atom. The van der Waals surface area contributed by atoms with Gasteiger partial charge in [0.25, 0.3) is 0 Å². The Kier molecular flexibility index (Phi) is 3.66. The Morgan fingerprint density at radius 1 is 1.71 bits per heavy atom. The standard InChI is InChI=1S/C12H19N3O2/c1-9-4-3-5-15(8-9)12(16)14-7-11-13-6-10(2)17-11/h6,9H,3-5,7-8H2,1-2H3,(H,14,16). The van der Waals surface area contributed by atoms with E-state index >= 15 is 0 Å². The van der Waals surface area contributed by atoms with E-state index in [1.165, 1.54) is 6.42 Å². The van der Waals surface area contributed by atoms with Crippen molar-refractivity contribution in [1.82, 2.24) is 15.2 Å². The monoisotopic (exact) mass is 237 g/mol. The van der Waals surface area contributed by atoms with Crippen LogP contribution in [0.2, 0.25) is 0 Å². The number of nitrogens with one attached hydrogen (secondary N) is 1. The molecule has 1 N–H and O–H groups in total. The molecule has 5 heteroatoms. The van der Waals surface area contributed by atoms with Crippen LogP contribution < -0.4 is 5.32 Å². The van der Waals surface area contributed by atoms with Gasteiger partial charge in [0.05, 0.1) is 12.7 Å². The maximum Gasteiger partial charge on any atom is 0.317 e. The van der Waals surface area contributed by atoms with Gasteiger partial charge in [0, 0.05) is 13.1 Å². The van der Waals surface area contributed by atoms with Crippen LogP contribution >= 0.6 is 0 Å². The van der Waals surface area contributed by atoms with E-state index in [1.807, 2.05) is 11.8 Å². The average molecular weight is 237 g/mol. The highest BCUT2D eigenvalue weighted by Gasteiger charge is 2.20. The van der Waals surface area contributed by atoms with Gasteiger partial charge in [-0.3, -0.25) is 0 Å². The molecule has 0 aliphatic carbocycles. The molecule has 17 heavy (non-hydrogen) atoms. The Labute approximate surface area is 101 Å². The molecule has 94 valence electrons. The van der Waals surface area contributed by atoms with Crippen LogP contribution in [0.4, 0.5) is 4.79 Å². The van der Waals surface area contributed by atoms with Crippen molar-refractivity contribution in [3.8, 4) is 0 Å². The van der Waals surface area contributed by atoms with Gasteiger partial charge in [0.2, 0.25) is 5.89 Å². The van der Waals surface area contributed by atoms with Crippen LogP contribution in [0.15, 0.2) is 10.6 Å². The number of rotatable bonds is 2. The van der Waals surface area contributed by atoms with Crippen LogP contribution in [0.1, 0.15) is 31.4 Å². The summed E-state index contributed by atoms with van der Waals surface area (Å²) < 4.78 is 5.30. The first-order valence-corrected chi connectivity index (χ1v) is 6.09. The van der Waals surface area contributed by atoms with E-state index in [0.717, 1.165) is 25.3 Å². The Bertz CT molecular complexity index is 389. The number of nitrogens with zero attached hydrogens (tertiary/aromatic N) is 2. The van der Waals surface area contributed by atoms with Crippen molar-refractivity contribution in [2.45, 2.75) is 33.2 Å². The Hall–Kier alpha value is -1.52. The summed E-state index contributed by atoms with van der Waals surface area (Å²) in [7, 11) is 0. The summed E-state index contributed by atoms with van der Waals surface area (Å²) in [5, 5.41) is 2.83. The highest BCUT2D eigenvalue weighted by Crippen LogP contribution is 2.15. The molecule has 1 aromatic rings. The second-order valence-corrected chi connectivity index (χ2v) is 4.72. The maximum absolute atomic E-state index is 11.9. The third-order valence-electron chi connectivity index (χ3n) is 3.00. The van der Waals surface area contributed by atoms with Crippen LogP contribution in [0.25, 0.3) is 0 Å². The molecule has 1 aromatic heterocycles. The number of likely N-dealkylation sites (tertiary alicyclic amines) is 1. The Balaban J connectivity index is 1.80. The molecule has 5 nitrogen and oxygen atoms in total. The molecule has 1 aliphatic rings. The van der Waals surface area contributed by atoms with E-state index in [4.69, 9.17) is 4.42 Å². The SMILES string of the molecule is Cc1cnc(CNC(=O)N2CCCC(C)C2)o1. The van der Waals surface area contributed by atoms with Gasteiger partial charge in [-0.25, -0.2) is 9.78 Å². The number of piperidine rings is 1. The molecule has 0 saturated carbocycles. The van der Waals surface area contributed by atoms with Crippen LogP contribution in [0, 0.1) is 12.8 Å². The summed E-state index contributed by atoms with van der Waals surface area (Å²) in [6.07, 6.45) is 3.96. The molecule has 2 rings (SSSR count). The Morgan fingerprint density at radius 3 is 3.18 bits per heavy atom. The number of aromatic nitrogens is 1. The van der Waals surface area contributed by atoms with Gasteiger partial charge in [-0.05, 0) is 25.7 Å². The molecule has 0 radical (unpaired) electrons. The lowest BCUT2D eigenvalue weighted by Gasteiger charge is -2.30. The molecule has 0 aromatic carbocycles. The fraction of sp³-hybridized carbons (Fsp3) is 0.667. The highest BCUT2D eigenvalue weighted by atomic mass is 16.4. The minimum absolute atomic E-state index is 0.0209. The van der Waals surface area contributed by atoms with Gasteiger partial charge in [0.1, 0.15) is 5.76 Å². The van der Waals surface area contributed by atoms with Gasteiger partial charge in [0.15, 0.2) is 0 Å². The largest absolute Gasteiger partial charge is 0.444 e. The predicted octanol–water partition coefficient (Wildman–Crippen LogP) is 1.92. The topological polar surface area (TPSA) is 58.4 Å². The molecule has 1 fully saturated rings. The van der Waals surface area contributed by atoms with E-state index < -0.39 is 0 Å². The zero-order valence-corrected chi connectivity index (χ0v) is 10.4. The predicted molar refractivity (Wildman–Crippen MR) is 63.4 cm³/mol. The molecule has 1 aliphatic heterocycles. The number of carbonyl (C=O) groups is 1. The van der Waals surface area contributed by atoms with E-state index in [2.05, 4.69) is 17.2 Å². The number of hydrogen-bond acceptors (Lipinski definition) is 3. The van der Waals surface area contributed by atoms with Gasteiger partial charge in [-0.1, -0.05) is 6.92 Å². The first kappa shape index (κ1) is 12.0. The first-order valence-electron chi connectivity index (χ1n) is 6.09. The number of urea groups is 1. The molecule has 1 saturated heterocycles. The fourth-order valence-electron chi connectivity index (χ4n) is 2.12. The zero-order valence-electron chi connectivity index (χ0n) is 10.4.